The predicted octanol–water partition coefficient (Wildman–Crippen LogP) is 2.13. The number of fused-ring (bicyclic) bond motifs is 2. The Bertz CT molecular complexity index is 384. The van der Waals surface area contributed by atoms with Crippen LogP contribution in [0.3, 0.4) is 0 Å². The van der Waals surface area contributed by atoms with Gasteiger partial charge in [-0.25, -0.2) is 0 Å². The molecule has 126 valence electrons. The van der Waals surface area contributed by atoms with E-state index >= 15 is 0 Å². The van der Waals surface area contributed by atoms with Gasteiger partial charge in [0.05, 0.1) is 0 Å². The minimum atomic E-state index is 0.217. The van der Waals surface area contributed by atoms with E-state index in [1.165, 1.54) is 32.1 Å². The molecule has 0 spiro atoms. The van der Waals surface area contributed by atoms with E-state index < -0.39 is 0 Å². The normalized spacial score (nSPS) is 42.2. The van der Waals surface area contributed by atoms with Gasteiger partial charge in [-0.2, -0.15) is 0 Å². The van der Waals surface area contributed by atoms with Crippen molar-refractivity contribution in [2.75, 3.05) is 14.1 Å². The molecule has 3 rings (SSSR count). The molecule has 4 heteroatoms. The molecule has 2 bridgehead atoms. The summed E-state index contributed by atoms with van der Waals surface area (Å²) in [5, 5.41) is 3.37. The van der Waals surface area contributed by atoms with Gasteiger partial charge < -0.3 is 16.0 Å². The molecule has 22 heavy (non-hydrogen) atoms. The van der Waals surface area contributed by atoms with Crippen LogP contribution in [0.1, 0.15) is 57.8 Å². The van der Waals surface area contributed by atoms with E-state index in [0.29, 0.717) is 35.9 Å². The molecule has 0 aromatic rings. The van der Waals surface area contributed by atoms with Gasteiger partial charge in [-0.15, -0.1) is 0 Å². The summed E-state index contributed by atoms with van der Waals surface area (Å²) in [6.45, 7) is 0. The number of hydrogen-bond acceptors (Lipinski definition) is 3. The number of rotatable bonds is 3. The van der Waals surface area contributed by atoms with Crippen LogP contribution >= 0.6 is 0 Å². The highest BCUT2D eigenvalue weighted by Crippen LogP contribution is 2.42. The van der Waals surface area contributed by atoms with Gasteiger partial charge in [-0.05, 0) is 77.3 Å². The Kier molecular flexibility index (Phi) is 5.08. The third kappa shape index (κ3) is 3.48. The monoisotopic (exact) mass is 307 g/mol. The fraction of sp³-hybridized carbons (Fsp3) is 0.944. The molecule has 3 fully saturated rings. The van der Waals surface area contributed by atoms with E-state index in [-0.39, 0.29) is 5.92 Å². The quantitative estimate of drug-likeness (QED) is 0.840. The SMILES string of the molecule is CN(C)C1CCCC(NC(=O)C2CC3CCCC(C2)C3N)C1. The molecule has 3 saturated carbocycles. The van der Waals surface area contributed by atoms with Crippen molar-refractivity contribution in [3.8, 4) is 0 Å². The van der Waals surface area contributed by atoms with Crippen molar-refractivity contribution in [1.82, 2.24) is 10.2 Å². The number of amides is 1. The zero-order valence-electron chi connectivity index (χ0n) is 14.3. The van der Waals surface area contributed by atoms with E-state index in [2.05, 4.69) is 24.3 Å². The van der Waals surface area contributed by atoms with Crippen LogP contribution < -0.4 is 11.1 Å². The van der Waals surface area contributed by atoms with Crippen LogP contribution in [0.25, 0.3) is 0 Å². The van der Waals surface area contributed by atoms with Gasteiger partial charge in [0.15, 0.2) is 0 Å². The van der Waals surface area contributed by atoms with Crippen LogP contribution in [-0.4, -0.2) is 43.0 Å². The Balaban J connectivity index is 1.54. The second-order valence-electron chi connectivity index (χ2n) is 8.19. The molecule has 1 amide bonds. The molecule has 3 N–H and O–H groups in total. The summed E-state index contributed by atoms with van der Waals surface area (Å²) in [6.07, 6.45) is 10.6. The third-order valence-electron chi connectivity index (χ3n) is 6.51. The summed E-state index contributed by atoms with van der Waals surface area (Å²) in [5.74, 6) is 1.70. The topological polar surface area (TPSA) is 58.4 Å². The van der Waals surface area contributed by atoms with Crippen LogP contribution in [0.4, 0.5) is 0 Å². The molecule has 0 aromatic heterocycles. The predicted molar refractivity (Wildman–Crippen MR) is 89.4 cm³/mol. The van der Waals surface area contributed by atoms with E-state index in [4.69, 9.17) is 5.73 Å². The second-order valence-corrected chi connectivity index (χ2v) is 8.19. The lowest BCUT2D eigenvalue weighted by molar-refractivity contribution is -0.129. The van der Waals surface area contributed by atoms with Crippen LogP contribution in [-0.2, 0) is 4.79 Å². The first kappa shape index (κ1) is 16.3. The van der Waals surface area contributed by atoms with Gasteiger partial charge >= 0.3 is 0 Å². The fourth-order valence-electron chi connectivity index (χ4n) is 5.09. The van der Waals surface area contributed by atoms with Crippen molar-refractivity contribution in [3.05, 3.63) is 0 Å². The summed E-state index contributed by atoms with van der Waals surface area (Å²) < 4.78 is 0. The number of nitrogens with zero attached hydrogens (tertiary/aromatic N) is 1. The van der Waals surface area contributed by atoms with E-state index in [1.807, 2.05) is 0 Å². The van der Waals surface area contributed by atoms with E-state index in [0.717, 1.165) is 25.7 Å². The largest absolute Gasteiger partial charge is 0.353 e. The first-order valence-electron chi connectivity index (χ1n) is 9.27. The van der Waals surface area contributed by atoms with E-state index in [9.17, 15) is 4.79 Å². The van der Waals surface area contributed by atoms with Crippen LogP contribution in [0, 0.1) is 17.8 Å². The average Bonchev–Trinajstić information content (AvgIpc) is 2.47. The standard InChI is InChI=1S/C18H33N3O/c1-21(2)16-8-4-7-15(11-16)20-18(22)14-9-12-5-3-6-13(10-14)17(12)19/h12-17H,3-11,19H2,1-2H3,(H,20,22). The molecule has 4 atom stereocenters. The maximum Gasteiger partial charge on any atom is 0.223 e. The number of carbonyl (C=O) groups excluding carboxylic acids is 1. The molecule has 4 unspecified atom stereocenters. The minimum Gasteiger partial charge on any atom is -0.353 e. The minimum absolute atomic E-state index is 0.217. The Morgan fingerprint density at radius 1 is 1.00 bits per heavy atom. The van der Waals surface area contributed by atoms with Gasteiger partial charge in [0, 0.05) is 24.0 Å². The molecule has 4 nitrogen and oxygen atoms in total. The van der Waals surface area contributed by atoms with Crippen LogP contribution in [0.2, 0.25) is 0 Å². The summed E-state index contributed by atoms with van der Waals surface area (Å²) in [5.41, 5.74) is 6.35. The van der Waals surface area contributed by atoms with Crippen molar-refractivity contribution in [3.63, 3.8) is 0 Å². The van der Waals surface area contributed by atoms with Crippen LogP contribution in [0.15, 0.2) is 0 Å². The lowest BCUT2D eigenvalue weighted by atomic mass is 9.65. The zero-order chi connectivity index (χ0) is 15.7. The van der Waals surface area contributed by atoms with Crippen molar-refractivity contribution < 1.29 is 4.79 Å². The summed E-state index contributed by atoms with van der Waals surface area (Å²) >= 11 is 0. The smallest absolute Gasteiger partial charge is 0.223 e. The molecule has 3 aliphatic rings. The molecule has 3 aliphatic carbocycles. The Morgan fingerprint density at radius 3 is 2.27 bits per heavy atom. The fourth-order valence-corrected chi connectivity index (χ4v) is 5.09. The van der Waals surface area contributed by atoms with Crippen molar-refractivity contribution in [2.24, 2.45) is 23.5 Å². The average molecular weight is 307 g/mol. The summed E-state index contributed by atoms with van der Waals surface area (Å²) in [4.78, 5) is 15.0. The van der Waals surface area contributed by atoms with Crippen molar-refractivity contribution in [1.29, 1.82) is 0 Å². The molecule has 0 radical (unpaired) electrons. The molecule has 0 saturated heterocycles. The summed E-state index contributed by atoms with van der Waals surface area (Å²) in [6, 6.07) is 1.35. The maximum absolute atomic E-state index is 12.7. The van der Waals surface area contributed by atoms with Gasteiger partial charge in [-0.3, -0.25) is 4.79 Å². The highest BCUT2D eigenvalue weighted by molar-refractivity contribution is 5.79. The van der Waals surface area contributed by atoms with Gasteiger partial charge in [0.2, 0.25) is 5.91 Å². The Hall–Kier alpha value is -0.610. The molecule has 0 heterocycles. The highest BCUT2D eigenvalue weighted by Gasteiger charge is 2.41. The van der Waals surface area contributed by atoms with Gasteiger partial charge in [0.1, 0.15) is 0 Å². The number of nitrogens with two attached hydrogens (primary N) is 1. The zero-order valence-corrected chi connectivity index (χ0v) is 14.3. The van der Waals surface area contributed by atoms with Gasteiger partial charge in [-0.1, -0.05) is 6.42 Å². The van der Waals surface area contributed by atoms with Crippen molar-refractivity contribution in [2.45, 2.75) is 75.9 Å². The summed E-state index contributed by atoms with van der Waals surface area (Å²) in [7, 11) is 4.30. The lowest BCUT2D eigenvalue weighted by Gasteiger charge is -2.44. The number of carbonyl (C=O) groups is 1. The number of hydrogen-bond donors (Lipinski definition) is 2. The lowest BCUT2D eigenvalue weighted by Crippen LogP contribution is -2.51. The highest BCUT2D eigenvalue weighted by atomic mass is 16.1. The van der Waals surface area contributed by atoms with Crippen LogP contribution in [0.5, 0.6) is 0 Å². The van der Waals surface area contributed by atoms with Gasteiger partial charge in [0.25, 0.3) is 0 Å². The first-order chi connectivity index (χ1) is 10.5. The molecular weight excluding hydrogens is 274 g/mol. The maximum atomic E-state index is 12.7. The van der Waals surface area contributed by atoms with Crippen molar-refractivity contribution >= 4 is 5.91 Å². The first-order valence-corrected chi connectivity index (χ1v) is 9.27. The third-order valence-corrected chi connectivity index (χ3v) is 6.51. The Labute approximate surface area is 135 Å². The second kappa shape index (κ2) is 6.88. The van der Waals surface area contributed by atoms with E-state index in [1.54, 1.807) is 0 Å². The molecule has 0 aromatic carbocycles. The molecule has 0 aliphatic heterocycles. The molecular formula is C18H33N3O. The number of nitrogens with one attached hydrogen (secondary N) is 1. The Morgan fingerprint density at radius 2 is 1.64 bits per heavy atom.